The van der Waals surface area contributed by atoms with E-state index in [0.717, 1.165) is 32.5 Å². The zero-order chi connectivity index (χ0) is 21.2. The summed E-state index contributed by atoms with van der Waals surface area (Å²) >= 11 is 0. The molecule has 26 heavy (non-hydrogen) atoms. The fraction of sp³-hybridized carbons (Fsp3) is 0.952. The van der Waals surface area contributed by atoms with Crippen LogP contribution in [0.4, 0.5) is 0 Å². The fourth-order valence-corrected chi connectivity index (χ4v) is 1.93. The number of carbonyl (C=O) groups is 1. The first-order valence-corrected chi connectivity index (χ1v) is 10.2. The van der Waals surface area contributed by atoms with Gasteiger partial charge in [-0.3, -0.25) is 4.79 Å². The van der Waals surface area contributed by atoms with E-state index in [2.05, 4.69) is 30.4 Å². The molecule has 1 aliphatic heterocycles. The standard InChI is InChI=1S/C7H13NO2.C7H16O.C3H8.C2H6O.C2H6/c1-8-4-2-6(3-5-8)7(9)10;1-3-4-5-6-7-8-2;2*1-3-2;1-2/h6H,2-5H2,1H3,(H,9,10);3-7H2,1-2H3;3H2,1-2H3;1-2H3;1-2H3. The van der Waals surface area contributed by atoms with E-state index in [0.29, 0.717) is 0 Å². The molecule has 162 valence electrons. The van der Waals surface area contributed by atoms with Crippen molar-refractivity contribution in [2.45, 2.75) is 79.6 Å². The van der Waals surface area contributed by atoms with Crippen LogP contribution in [0.3, 0.4) is 0 Å². The minimum Gasteiger partial charge on any atom is -0.481 e. The van der Waals surface area contributed by atoms with Gasteiger partial charge in [-0.1, -0.05) is 60.3 Å². The van der Waals surface area contributed by atoms with Crippen LogP contribution in [-0.4, -0.2) is 64.0 Å². The van der Waals surface area contributed by atoms with E-state index in [1.807, 2.05) is 20.9 Å². The Labute approximate surface area is 164 Å². The van der Waals surface area contributed by atoms with Gasteiger partial charge in [0, 0.05) is 27.9 Å². The number of carboxylic acids is 1. The lowest BCUT2D eigenvalue weighted by atomic mass is 9.98. The van der Waals surface area contributed by atoms with Gasteiger partial charge in [0.1, 0.15) is 0 Å². The third kappa shape index (κ3) is 34.6. The summed E-state index contributed by atoms with van der Waals surface area (Å²) in [6, 6.07) is 0. The number of piperidine rings is 1. The van der Waals surface area contributed by atoms with E-state index in [4.69, 9.17) is 9.84 Å². The minimum atomic E-state index is -0.631. The molecular weight excluding hydrogens is 330 g/mol. The molecule has 0 saturated carbocycles. The second kappa shape index (κ2) is 32.1. The lowest BCUT2D eigenvalue weighted by Crippen LogP contribution is -2.33. The fourth-order valence-electron chi connectivity index (χ4n) is 1.93. The largest absolute Gasteiger partial charge is 0.481 e. The first-order valence-electron chi connectivity index (χ1n) is 10.2. The Hall–Kier alpha value is -0.650. The van der Waals surface area contributed by atoms with Crippen LogP contribution in [0.1, 0.15) is 79.6 Å². The summed E-state index contributed by atoms with van der Waals surface area (Å²) in [5, 5.41) is 8.61. The molecule has 1 aliphatic rings. The Kier molecular flexibility index (Phi) is 40.7. The molecule has 0 aromatic heterocycles. The molecule has 5 heteroatoms. The van der Waals surface area contributed by atoms with E-state index < -0.39 is 5.97 Å². The quantitative estimate of drug-likeness (QED) is 0.632. The highest BCUT2D eigenvalue weighted by atomic mass is 16.5. The van der Waals surface area contributed by atoms with E-state index in [9.17, 15) is 4.79 Å². The highest BCUT2D eigenvalue weighted by Crippen LogP contribution is 2.15. The first-order chi connectivity index (χ1) is 12.4. The van der Waals surface area contributed by atoms with Crippen molar-refractivity contribution in [2.24, 2.45) is 5.92 Å². The van der Waals surface area contributed by atoms with Crippen molar-refractivity contribution in [3.63, 3.8) is 0 Å². The molecule has 0 aliphatic carbocycles. The number of ether oxygens (including phenoxy) is 2. The lowest BCUT2D eigenvalue weighted by Gasteiger charge is -2.25. The summed E-state index contributed by atoms with van der Waals surface area (Å²) in [5.41, 5.74) is 0. The van der Waals surface area contributed by atoms with E-state index in [1.165, 1.54) is 32.1 Å². The molecule has 0 aromatic rings. The predicted molar refractivity (Wildman–Crippen MR) is 114 cm³/mol. The number of rotatable bonds is 6. The number of hydrogen-bond donors (Lipinski definition) is 1. The summed E-state index contributed by atoms with van der Waals surface area (Å²) in [5.74, 6) is -0.718. The SMILES string of the molecule is CC.CCC.CCCCCCOC.CN1CCC(C(=O)O)CC1.COC. The zero-order valence-corrected chi connectivity index (χ0v) is 19.3. The Morgan fingerprint density at radius 1 is 1.00 bits per heavy atom. The smallest absolute Gasteiger partial charge is 0.306 e. The molecule has 1 rings (SSSR count). The maximum absolute atomic E-state index is 10.4. The molecule has 0 unspecified atom stereocenters. The third-order valence-corrected chi connectivity index (χ3v) is 3.27. The van der Waals surface area contributed by atoms with Crippen LogP contribution in [0.2, 0.25) is 0 Å². The van der Waals surface area contributed by atoms with Crippen molar-refractivity contribution in [3.05, 3.63) is 0 Å². The summed E-state index contributed by atoms with van der Waals surface area (Å²) in [6.07, 6.45) is 8.08. The maximum atomic E-state index is 10.4. The van der Waals surface area contributed by atoms with Crippen molar-refractivity contribution in [2.75, 3.05) is 48.1 Å². The van der Waals surface area contributed by atoms with Crippen LogP contribution < -0.4 is 0 Å². The molecule has 0 spiro atoms. The van der Waals surface area contributed by atoms with Gasteiger partial charge >= 0.3 is 5.97 Å². The average molecular weight is 380 g/mol. The maximum Gasteiger partial charge on any atom is 0.306 e. The van der Waals surface area contributed by atoms with Crippen LogP contribution in [0.15, 0.2) is 0 Å². The Balaban J connectivity index is -0.000000135. The van der Waals surface area contributed by atoms with E-state index in [-0.39, 0.29) is 5.92 Å². The first kappa shape index (κ1) is 33.0. The number of unbranched alkanes of at least 4 members (excludes halogenated alkanes) is 3. The monoisotopic (exact) mass is 379 g/mol. The van der Waals surface area contributed by atoms with Crippen LogP contribution in [0, 0.1) is 5.92 Å². The second-order valence-corrected chi connectivity index (χ2v) is 6.08. The highest BCUT2D eigenvalue weighted by Gasteiger charge is 2.21. The summed E-state index contributed by atoms with van der Waals surface area (Å²) in [7, 11) is 7.03. The Bertz CT molecular complexity index is 222. The topological polar surface area (TPSA) is 59.0 Å². The van der Waals surface area contributed by atoms with E-state index >= 15 is 0 Å². The van der Waals surface area contributed by atoms with Gasteiger partial charge in [0.05, 0.1) is 5.92 Å². The van der Waals surface area contributed by atoms with E-state index in [1.54, 1.807) is 21.3 Å². The number of carboxylic acid groups (broad SMARTS) is 1. The summed E-state index contributed by atoms with van der Waals surface area (Å²) in [6.45, 7) is 13.3. The zero-order valence-electron chi connectivity index (χ0n) is 19.3. The molecule has 1 fully saturated rings. The number of methoxy groups -OCH3 is 2. The van der Waals surface area contributed by atoms with Gasteiger partial charge in [0.15, 0.2) is 0 Å². The average Bonchev–Trinajstić information content (AvgIpc) is 2.63. The van der Waals surface area contributed by atoms with Crippen molar-refractivity contribution in [1.29, 1.82) is 0 Å². The summed E-state index contributed by atoms with van der Waals surface area (Å²) in [4.78, 5) is 12.6. The molecule has 1 heterocycles. The predicted octanol–water partition coefficient (Wildman–Crippen LogP) is 5.33. The van der Waals surface area contributed by atoms with Gasteiger partial charge < -0.3 is 19.5 Å². The van der Waals surface area contributed by atoms with Crippen molar-refractivity contribution in [1.82, 2.24) is 4.90 Å². The molecular formula is C21H49NO4. The molecule has 0 atom stereocenters. The number of aliphatic carboxylic acids is 1. The van der Waals surface area contributed by atoms with Gasteiger partial charge in [0.25, 0.3) is 0 Å². The molecule has 0 radical (unpaired) electrons. The lowest BCUT2D eigenvalue weighted by molar-refractivity contribution is -0.143. The third-order valence-electron chi connectivity index (χ3n) is 3.27. The number of hydrogen-bond acceptors (Lipinski definition) is 4. The van der Waals surface area contributed by atoms with Crippen LogP contribution in [0.25, 0.3) is 0 Å². The number of likely N-dealkylation sites (tertiary alicyclic amines) is 1. The minimum absolute atomic E-state index is 0.0869. The van der Waals surface area contributed by atoms with Crippen molar-refractivity contribution < 1.29 is 19.4 Å². The van der Waals surface area contributed by atoms with Gasteiger partial charge in [-0.25, -0.2) is 0 Å². The Morgan fingerprint density at radius 3 is 1.73 bits per heavy atom. The molecule has 0 amide bonds. The molecule has 5 nitrogen and oxygen atoms in total. The highest BCUT2D eigenvalue weighted by molar-refractivity contribution is 5.70. The molecule has 1 saturated heterocycles. The number of nitrogens with zero attached hydrogens (tertiary/aromatic N) is 1. The normalized spacial score (nSPS) is 13.4. The van der Waals surface area contributed by atoms with Crippen LogP contribution >= 0.6 is 0 Å². The molecule has 0 aromatic carbocycles. The molecule has 0 bridgehead atoms. The van der Waals surface area contributed by atoms with Gasteiger partial charge in [-0.05, 0) is 39.4 Å². The summed E-state index contributed by atoms with van der Waals surface area (Å²) < 4.78 is 9.14. The molecule has 1 N–H and O–H groups in total. The Morgan fingerprint density at radius 2 is 1.42 bits per heavy atom. The van der Waals surface area contributed by atoms with Gasteiger partial charge in [-0.15, -0.1) is 0 Å². The van der Waals surface area contributed by atoms with Crippen molar-refractivity contribution >= 4 is 5.97 Å². The van der Waals surface area contributed by atoms with Crippen LogP contribution in [0.5, 0.6) is 0 Å². The second-order valence-electron chi connectivity index (χ2n) is 6.08. The van der Waals surface area contributed by atoms with Crippen molar-refractivity contribution in [3.8, 4) is 0 Å². The van der Waals surface area contributed by atoms with Crippen LogP contribution in [-0.2, 0) is 14.3 Å². The van der Waals surface area contributed by atoms with Gasteiger partial charge in [-0.2, -0.15) is 0 Å². The van der Waals surface area contributed by atoms with Gasteiger partial charge in [0.2, 0.25) is 0 Å².